The lowest BCUT2D eigenvalue weighted by Gasteiger charge is -2.33. The molecule has 2 aromatic rings. The Labute approximate surface area is 132 Å². The quantitative estimate of drug-likeness (QED) is 0.746. The summed E-state index contributed by atoms with van der Waals surface area (Å²) in [5.41, 5.74) is 1.23. The second-order valence-electron chi connectivity index (χ2n) is 5.97. The molecule has 0 saturated carbocycles. The van der Waals surface area contributed by atoms with E-state index in [0.29, 0.717) is 0 Å². The SMILES string of the molecule is CCCC(CS)(CCC)Cn1c(=O)ccc2ccccc21. The first kappa shape index (κ1) is 16.2. The fourth-order valence-corrected chi connectivity index (χ4v) is 3.71. The molecule has 0 aliphatic rings. The molecule has 0 amide bonds. The van der Waals surface area contributed by atoms with Crippen molar-refractivity contribution in [2.45, 2.75) is 46.1 Å². The van der Waals surface area contributed by atoms with Gasteiger partial charge in [0.05, 0.1) is 5.52 Å². The van der Waals surface area contributed by atoms with Gasteiger partial charge in [-0.05, 0) is 41.5 Å². The molecule has 0 fully saturated rings. The van der Waals surface area contributed by atoms with Crippen LogP contribution in [-0.4, -0.2) is 10.3 Å². The number of benzene rings is 1. The summed E-state index contributed by atoms with van der Waals surface area (Å²) >= 11 is 4.61. The normalized spacial score (nSPS) is 12.0. The molecule has 0 bridgehead atoms. The minimum absolute atomic E-state index is 0.0899. The summed E-state index contributed by atoms with van der Waals surface area (Å²) in [4.78, 5) is 12.4. The third-order valence-corrected chi connectivity index (χ3v) is 4.96. The molecule has 0 saturated heterocycles. The number of fused-ring (bicyclic) bond motifs is 1. The molecular weight excluding hydrogens is 278 g/mol. The second-order valence-corrected chi connectivity index (χ2v) is 6.29. The van der Waals surface area contributed by atoms with Crippen molar-refractivity contribution < 1.29 is 0 Å². The number of hydrogen-bond acceptors (Lipinski definition) is 2. The first-order valence-electron chi connectivity index (χ1n) is 7.85. The van der Waals surface area contributed by atoms with Gasteiger partial charge in [-0.15, -0.1) is 0 Å². The molecule has 0 aliphatic heterocycles. The van der Waals surface area contributed by atoms with Crippen molar-refractivity contribution in [2.24, 2.45) is 5.41 Å². The topological polar surface area (TPSA) is 22.0 Å². The van der Waals surface area contributed by atoms with E-state index in [2.05, 4.69) is 32.5 Å². The van der Waals surface area contributed by atoms with Crippen molar-refractivity contribution in [1.29, 1.82) is 0 Å². The van der Waals surface area contributed by atoms with Crippen LogP contribution >= 0.6 is 12.6 Å². The number of pyridine rings is 1. The number of thiol groups is 1. The molecule has 3 heteroatoms. The molecule has 2 nitrogen and oxygen atoms in total. The van der Waals surface area contributed by atoms with Crippen LogP contribution in [-0.2, 0) is 6.54 Å². The van der Waals surface area contributed by atoms with Gasteiger partial charge < -0.3 is 4.57 Å². The predicted molar refractivity (Wildman–Crippen MR) is 94.3 cm³/mol. The zero-order chi connectivity index (χ0) is 15.3. The number of nitrogens with zero attached hydrogens (tertiary/aromatic N) is 1. The lowest BCUT2D eigenvalue weighted by atomic mass is 9.80. The maximum atomic E-state index is 12.4. The van der Waals surface area contributed by atoms with Crippen LogP contribution in [0.5, 0.6) is 0 Å². The van der Waals surface area contributed by atoms with E-state index in [0.717, 1.165) is 48.9 Å². The summed E-state index contributed by atoms with van der Waals surface area (Å²) in [5, 5.41) is 1.12. The first-order chi connectivity index (χ1) is 10.2. The molecule has 0 spiro atoms. The lowest BCUT2D eigenvalue weighted by molar-refractivity contribution is 0.232. The lowest BCUT2D eigenvalue weighted by Crippen LogP contribution is -2.34. The van der Waals surface area contributed by atoms with Crippen molar-refractivity contribution in [2.75, 3.05) is 5.75 Å². The Balaban J connectivity index is 2.49. The molecule has 2 rings (SSSR count). The van der Waals surface area contributed by atoms with Crippen LogP contribution in [0, 0.1) is 5.41 Å². The highest BCUT2D eigenvalue weighted by Crippen LogP contribution is 2.33. The van der Waals surface area contributed by atoms with Crippen molar-refractivity contribution >= 4 is 23.5 Å². The second kappa shape index (κ2) is 7.17. The Kier molecular flexibility index (Phi) is 5.51. The molecule has 0 N–H and O–H groups in total. The summed E-state index contributed by atoms with van der Waals surface area (Å²) in [7, 11) is 0. The van der Waals surface area contributed by atoms with Gasteiger partial charge in [0.1, 0.15) is 0 Å². The summed E-state index contributed by atoms with van der Waals surface area (Å²) in [6.45, 7) is 5.18. The first-order valence-corrected chi connectivity index (χ1v) is 8.48. The molecular formula is C18H25NOS. The molecule has 1 aromatic heterocycles. The highest BCUT2D eigenvalue weighted by atomic mass is 32.1. The van der Waals surface area contributed by atoms with E-state index in [1.54, 1.807) is 6.07 Å². The largest absolute Gasteiger partial charge is 0.308 e. The number of rotatable bonds is 7. The van der Waals surface area contributed by atoms with Gasteiger partial charge in [0.2, 0.25) is 0 Å². The highest BCUT2D eigenvalue weighted by Gasteiger charge is 2.28. The maximum Gasteiger partial charge on any atom is 0.251 e. The highest BCUT2D eigenvalue weighted by molar-refractivity contribution is 7.80. The number of hydrogen-bond donors (Lipinski definition) is 1. The molecule has 0 radical (unpaired) electrons. The Hall–Kier alpha value is -1.22. The van der Waals surface area contributed by atoms with E-state index in [1.807, 2.05) is 28.8 Å². The van der Waals surface area contributed by atoms with Crippen molar-refractivity contribution in [3.05, 3.63) is 46.8 Å². The zero-order valence-corrected chi connectivity index (χ0v) is 13.9. The third-order valence-electron chi connectivity index (χ3n) is 4.29. The molecule has 0 unspecified atom stereocenters. The Bertz CT molecular complexity index is 641. The minimum atomic E-state index is 0.0899. The van der Waals surface area contributed by atoms with Crippen LogP contribution in [0.3, 0.4) is 0 Å². The maximum absolute atomic E-state index is 12.4. The fraction of sp³-hybridized carbons (Fsp3) is 0.500. The zero-order valence-electron chi connectivity index (χ0n) is 13.0. The smallest absolute Gasteiger partial charge is 0.251 e. The summed E-state index contributed by atoms with van der Waals surface area (Å²) in [5.74, 6) is 0.824. The van der Waals surface area contributed by atoms with Crippen LogP contribution < -0.4 is 5.56 Å². The minimum Gasteiger partial charge on any atom is -0.308 e. The van der Waals surface area contributed by atoms with Crippen LogP contribution in [0.2, 0.25) is 0 Å². The van der Waals surface area contributed by atoms with Crippen LogP contribution in [0.1, 0.15) is 39.5 Å². The van der Waals surface area contributed by atoms with E-state index >= 15 is 0 Å². The fourth-order valence-electron chi connectivity index (χ4n) is 3.29. The number of aromatic nitrogens is 1. The van der Waals surface area contributed by atoms with Gasteiger partial charge in [0.15, 0.2) is 0 Å². The summed E-state index contributed by atoms with van der Waals surface area (Å²) in [6.07, 6.45) is 4.47. The van der Waals surface area contributed by atoms with E-state index in [4.69, 9.17) is 0 Å². The molecule has 114 valence electrons. The Morgan fingerprint density at radius 2 is 1.71 bits per heavy atom. The average Bonchev–Trinajstić information content (AvgIpc) is 2.50. The van der Waals surface area contributed by atoms with Gasteiger partial charge in [0, 0.05) is 12.6 Å². The summed E-state index contributed by atoms with van der Waals surface area (Å²) in [6, 6.07) is 11.7. The van der Waals surface area contributed by atoms with Crippen LogP contribution in [0.15, 0.2) is 41.2 Å². The van der Waals surface area contributed by atoms with Crippen LogP contribution in [0.4, 0.5) is 0 Å². The van der Waals surface area contributed by atoms with Crippen molar-refractivity contribution in [3.8, 4) is 0 Å². The van der Waals surface area contributed by atoms with E-state index in [-0.39, 0.29) is 11.0 Å². The summed E-state index contributed by atoms with van der Waals surface area (Å²) < 4.78 is 1.94. The van der Waals surface area contributed by atoms with Crippen molar-refractivity contribution in [3.63, 3.8) is 0 Å². The molecule has 0 aliphatic carbocycles. The van der Waals surface area contributed by atoms with Gasteiger partial charge in [0.25, 0.3) is 5.56 Å². The van der Waals surface area contributed by atoms with Gasteiger partial charge in [-0.25, -0.2) is 0 Å². The molecule has 1 aromatic carbocycles. The van der Waals surface area contributed by atoms with E-state index in [9.17, 15) is 4.79 Å². The van der Waals surface area contributed by atoms with Crippen molar-refractivity contribution in [1.82, 2.24) is 4.57 Å². The molecule has 21 heavy (non-hydrogen) atoms. The van der Waals surface area contributed by atoms with E-state index < -0.39 is 0 Å². The van der Waals surface area contributed by atoms with Crippen LogP contribution in [0.25, 0.3) is 10.9 Å². The predicted octanol–water partition coefficient (Wildman–Crippen LogP) is 4.52. The average molecular weight is 303 g/mol. The Morgan fingerprint density at radius 3 is 2.33 bits per heavy atom. The van der Waals surface area contributed by atoms with Gasteiger partial charge in [-0.2, -0.15) is 12.6 Å². The Morgan fingerprint density at radius 1 is 1.05 bits per heavy atom. The van der Waals surface area contributed by atoms with Gasteiger partial charge >= 0.3 is 0 Å². The third kappa shape index (κ3) is 3.52. The van der Waals surface area contributed by atoms with E-state index in [1.165, 1.54) is 0 Å². The van der Waals surface area contributed by atoms with Gasteiger partial charge in [-0.3, -0.25) is 4.79 Å². The monoisotopic (exact) mass is 303 g/mol. The molecule has 1 heterocycles. The number of para-hydroxylation sites is 1. The standard InChI is InChI=1S/C18H25NOS/c1-3-11-18(14-21,12-4-2)13-19-16-8-6-5-7-15(16)9-10-17(19)20/h5-10,21H,3-4,11-14H2,1-2H3. The molecule has 0 atom stereocenters. The van der Waals surface area contributed by atoms with Gasteiger partial charge in [-0.1, -0.05) is 44.9 Å².